The second-order valence-corrected chi connectivity index (χ2v) is 4.46. The predicted molar refractivity (Wildman–Crippen MR) is 67.5 cm³/mol. The van der Waals surface area contributed by atoms with Gasteiger partial charge in [0.1, 0.15) is 5.69 Å². The minimum Gasteiger partial charge on any atom is -0.489 e. The topological polar surface area (TPSA) is 101 Å². The van der Waals surface area contributed by atoms with Crippen molar-refractivity contribution in [3.8, 4) is 11.5 Å². The smallest absolute Gasteiger partial charge is 0.276 e. The molecular weight excluding hydrogens is 266 g/mol. The molecule has 0 atom stereocenters. The van der Waals surface area contributed by atoms with Crippen molar-refractivity contribution in [2.24, 2.45) is 0 Å². The molecule has 1 aliphatic rings. The minimum atomic E-state index is -0.279. The van der Waals surface area contributed by atoms with Crippen LogP contribution in [0.1, 0.15) is 19.8 Å². The van der Waals surface area contributed by atoms with E-state index in [2.05, 4.69) is 15.1 Å². The van der Waals surface area contributed by atoms with Crippen molar-refractivity contribution in [1.82, 2.24) is 5.16 Å². The molecule has 0 aliphatic carbocycles. The van der Waals surface area contributed by atoms with E-state index in [4.69, 9.17) is 9.47 Å². The van der Waals surface area contributed by atoms with Crippen LogP contribution >= 0.6 is 0 Å². The number of fused-ring (bicyclic) bond motifs is 3. The summed E-state index contributed by atoms with van der Waals surface area (Å²) >= 11 is 0. The maximum Gasteiger partial charge on any atom is 0.276 e. The van der Waals surface area contributed by atoms with Gasteiger partial charge < -0.3 is 20.0 Å². The van der Waals surface area contributed by atoms with Crippen LogP contribution in [-0.2, 0) is 4.79 Å². The third-order valence-electron chi connectivity index (χ3n) is 2.94. The molecule has 0 radical (unpaired) electrons. The molecule has 3 rings (SSSR count). The number of carbonyl (C=O) groups is 1. The molecule has 0 bridgehead atoms. The summed E-state index contributed by atoms with van der Waals surface area (Å²) in [5, 5.41) is 18.0. The van der Waals surface area contributed by atoms with E-state index in [0.717, 1.165) is 12.8 Å². The third kappa shape index (κ3) is 2.09. The Kier molecular flexibility index (Phi) is 3.05. The van der Waals surface area contributed by atoms with Gasteiger partial charge in [-0.25, -0.2) is 0 Å². The Morgan fingerprint density at radius 1 is 1.40 bits per heavy atom. The standard InChI is InChI=1S/C12H13N3O5/c1-7(16)13-8-6-9-12(19-5-3-2-4-18-9)11-10(8)14-20-15(11)17/h6H,2-5H2,1H3,(H,13,16). The van der Waals surface area contributed by atoms with E-state index in [9.17, 15) is 10.0 Å². The quantitative estimate of drug-likeness (QED) is 0.781. The van der Waals surface area contributed by atoms with Gasteiger partial charge in [0.25, 0.3) is 11.0 Å². The number of nitrogens with one attached hydrogen (secondary N) is 1. The largest absolute Gasteiger partial charge is 0.489 e. The van der Waals surface area contributed by atoms with E-state index < -0.39 is 0 Å². The van der Waals surface area contributed by atoms with Gasteiger partial charge in [-0.3, -0.25) is 9.42 Å². The van der Waals surface area contributed by atoms with Crippen molar-refractivity contribution in [2.75, 3.05) is 18.5 Å². The van der Waals surface area contributed by atoms with Gasteiger partial charge in [-0.05, 0) is 17.7 Å². The molecule has 2 aromatic rings. The fourth-order valence-electron chi connectivity index (χ4n) is 2.09. The van der Waals surface area contributed by atoms with Crippen molar-refractivity contribution in [2.45, 2.75) is 19.8 Å². The number of rotatable bonds is 1. The van der Waals surface area contributed by atoms with E-state index in [-0.39, 0.29) is 21.8 Å². The summed E-state index contributed by atoms with van der Waals surface area (Å²) in [4.78, 5) is 11.5. The van der Waals surface area contributed by atoms with Crippen molar-refractivity contribution in [3.63, 3.8) is 0 Å². The number of nitrogens with zero attached hydrogens (tertiary/aromatic N) is 2. The first-order valence-electron chi connectivity index (χ1n) is 6.26. The molecular formula is C12H13N3O5. The van der Waals surface area contributed by atoms with Crippen molar-refractivity contribution in [3.05, 3.63) is 11.3 Å². The first-order valence-corrected chi connectivity index (χ1v) is 6.26. The van der Waals surface area contributed by atoms with E-state index >= 15 is 0 Å². The Morgan fingerprint density at radius 2 is 2.15 bits per heavy atom. The van der Waals surface area contributed by atoms with Crippen LogP contribution in [0.15, 0.2) is 10.7 Å². The lowest BCUT2D eigenvalue weighted by Gasteiger charge is -2.16. The maximum atomic E-state index is 11.7. The lowest BCUT2D eigenvalue weighted by Crippen LogP contribution is -2.24. The van der Waals surface area contributed by atoms with Gasteiger partial charge in [-0.2, -0.15) is 0 Å². The van der Waals surface area contributed by atoms with Gasteiger partial charge >= 0.3 is 0 Å². The molecule has 0 unspecified atom stereocenters. The molecule has 0 saturated carbocycles. The molecule has 1 N–H and O–H groups in total. The average molecular weight is 279 g/mol. The summed E-state index contributed by atoms with van der Waals surface area (Å²) < 4.78 is 15.8. The van der Waals surface area contributed by atoms with Crippen LogP contribution in [0.4, 0.5) is 5.69 Å². The number of amides is 1. The van der Waals surface area contributed by atoms with Gasteiger partial charge in [0.2, 0.25) is 11.7 Å². The number of anilines is 1. The summed E-state index contributed by atoms with van der Waals surface area (Å²) in [7, 11) is 0. The molecule has 1 amide bonds. The lowest BCUT2D eigenvalue weighted by molar-refractivity contribution is -0.782. The van der Waals surface area contributed by atoms with Crippen LogP contribution in [-0.4, -0.2) is 24.3 Å². The molecule has 0 fully saturated rings. The highest BCUT2D eigenvalue weighted by Gasteiger charge is 2.26. The highest BCUT2D eigenvalue weighted by atomic mass is 16.8. The van der Waals surface area contributed by atoms with Crippen molar-refractivity contribution < 1.29 is 23.8 Å². The third-order valence-corrected chi connectivity index (χ3v) is 2.94. The van der Waals surface area contributed by atoms with Crippen molar-refractivity contribution in [1.29, 1.82) is 0 Å². The number of hydrogen-bond donors (Lipinski definition) is 1. The van der Waals surface area contributed by atoms with Crippen LogP contribution in [0.2, 0.25) is 0 Å². The second kappa shape index (κ2) is 4.87. The summed E-state index contributed by atoms with van der Waals surface area (Å²) in [6, 6.07) is 1.59. The number of carbonyl (C=O) groups excluding carboxylic acids is 1. The minimum absolute atomic E-state index is 0.119. The van der Waals surface area contributed by atoms with E-state index in [1.807, 2.05) is 0 Å². The Morgan fingerprint density at radius 3 is 2.90 bits per heavy atom. The normalized spacial score (nSPS) is 14.7. The van der Waals surface area contributed by atoms with Gasteiger partial charge in [0, 0.05) is 18.1 Å². The van der Waals surface area contributed by atoms with Crippen molar-refractivity contribution >= 4 is 22.6 Å². The number of hydrogen-bond acceptors (Lipinski definition) is 6. The Bertz CT molecular complexity index is 667. The van der Waals surface area contributed by atoms with Crippen LogP contribution in [0.3, 0.4) is 0 Å². The van der Waals surface area contributed by atoms with E-state index in [1.54, 1.807) is 6.07 Å². The van der Waals surface area contributed by atoms with E-state index in [0.29, 0.717) is 30.4 Å². The summed E-state index contributed by atoms with van der Waals surface area (Å²) in [6.07, 6.45) is 1.69. The van der Waals surface area contributed by atoms with E-state index in [1.165, 1.54) is 6.92 Å². The molecule has 0 saturated heterocycles. The highest BCUT2D eigenvalue weighted by Crippen LogP contribution is 2.39. The van der Waals surface area contributed by atoms with Crippen LogP contribution in [0, 0.1) is 5.21 Å². The maximum absolute atomic E-state index is 11.7. The molecule has 8 nitrogen and oxygen atoms in total. The summed E-state index contributed by atoms with van der Waals surface area (Å²) in [5.41, 5.74) is 0.708. The van der Waals surface area contributed by atoms with Gasteiger partial charge in [0.05, 0.1) is 13.2 Å². The monoisotopic (exact) mass is 279 g/mol. The van der Waals surface area contributed by atoms with Gasteiger partial charge in [-0.15, -0.1) is 0 Å². The lowest BCUT2D eigenvalue weighted by atomic mass is 10.2. The average Bonchev–Trinajstić information content (AvgIpc) is 2.74. The zero-order valence-corrected chi connectivity index (χ0v) is 10.8. The molecule has 106 valence electrons. The fraction of sp³-hybridized carbons (Fsp3) is 0.417. The number of ether oxygens (including phenoxy) is 2. The SMILES string of the molecule is CC(=O)Nc1cc2c(c3c1no[n+]3[O-])OCCCCO2. The van der Waals surface area contributed by atoms with Crippen LogP contribution < -0.4 is 19.7 Å². The molecule has 1 aromatic carbocycles. The van der Waals surface area contributed by atoms with Gasteiger partial charge in [0.15, 0.2) is 5.75 Å². The summed E-state index contributed by atoms with van der Waals surface area (Å²) in [6.45, 7) is 2.37. The first kappa shape index (κ1) is 12.5. The van der Waals surface area contributed by atoms with Gasteiger partial charge in [-0.1, -0.05) is 0 Å². The Hall–Kier alpha value is -2.51. The Balaban J connectivity index is 2.21. The first-order chi connectivity index (χ1) is 9.66. The molecule has 1 aromatic heterocycles. The molecule has 1 aliphatic heterocycles. The summed E-state index contributed by atoms with van der Waals surface area (Å²) in [5.74, 6) is 0.414. The molecule has 0 spiro atoms. The fourth-order valence-corrected chi connectivity index (χ4v) is 2.09. The predicted octanol–water partition coefficient (Wildman–Crippen LogP) is 0.971. The highest BCUT2D eigenvalue weighted by molar-refractivity contribution is 6.00. The molecule has 8 heteroatoms. The van der Waals surface area contributed by atoms with Crippen LogP contribution in [0.25, 0.3) is 11.0 Å². The zero-order valence-electron chi connectivity index (χ0n) is 10.8. The number of aromatic nitrogens is 2. The zero-order chi connectivity index (χ0) is 14.1. The second-order valence-electron chi connectivity index (χ2n) is 4.46. The molecule has 2 heterocycles. The Labute approximate surface area is 113 Å². The van der Waals surface area contributed by atoms with Crippen LogP contribution in [0.5, 0.6) is 11.5 Å². The molecule has 20 heavy (non-hydrogen) atoms. The number of benzene rings is 1.